The van der Waals surface area contributed by atoms with Gasteiger partial charge in [-0.25, -0.2) is 18.4 Å². The topological polar surface area (TPSA) is 217 Å². The number of unbranched alkanes of at least 4 members (excludes halogenated alkanes) is 3. The molecular formula is C37H45F2N7O8S. The number of fused-ring (bicyclic) bond motifs is 1. The third-order valence-corrected chi connectivity index (χ3v) is 12.5. The molecule has 18 heteroatoms. The lowest BCUT2D eigenvalue weighted by atomic mass is 10.0. The van der Waals surface area contributed by atoms with Crippen LogP contribution in [0.1, 0.15) is 93.6 Å². The zero-order chi connectivity index (χ0) is 39.7. The molecule has 4 N–H and O–H groups in total. The van der Waals surface area contributed by atoms with Crippen molar-refractivity contribution in [3.8, 4) is 5.88 Å². The summed E-state index contributed by atoms with van der Waals surface area (Å²) in [6.07, 6.45) is 7.27. The van der Waals surface area contributed by atoms with Crippen molar-refractivity contribution in [3.63, 3.8) is 0 Å². The number of ether oxygens (including phenoxy) is 1. The Morgan fingerprint density at radius 3 is 2.47 bits per heavy atom. The van der Waals surface area contributed by atoms with Crippen LogP contribution >= 0.6 is 0 Å². The second-order valence-corrected chi connectivity index (χ2v) is 17.2. The summed E-state index contributed by atoms with van der Waals surface area (Å²) >= 11 is 0. The summed E-state index contributed by atoms with van der Waals surface area (Å²) in [4.78, 5) is 61.8. The Bertz CT molecular complexity index is 2100. The number of hydrogen-bond donors (Lipinski definition) is 3. The van der Waals surface area contributed by atoms with Crippen LogP contribution in [-0.4, -0.2) is 81.6 Å². The highest BCUT2D eigenvalue weighted by atomic mass is 32.2. The van der Waals surface area contributed by atoms with Crippen LogP contribution in [0.5, 0.6) is 5.88 Å². The maximum absolute atomic E-state index is 14.7. The van der Waals surface area contributed by atoms with E-state index in [9.17, 15) is 36.4 Å². The molecule has 3 heterocycles. The van der Waals surface area contributed by atoms with Gasteiger partial charge in [0.15, 0.2) is 11.4 Å². The maximum Gasteiger partial charge on any atom is 0.292 e. The number of aryl methyl sites for hydroxylation is 1. The number of aromatic nitrogens is 3. The zero-order valence-electron chi connectivity index (χ0n) is 30.8. The number of carbonyl (C=O) groups excluding carboxylic acids is 4. The van der Waals surface area contributed by atoms with Crippen LogP contribution in [0, 0.1) is 18.8 Å². The van der Waals surface area contributed by atoms with E-state index in [1.807, 2.05) is 12.2 Å². The molecule has 6 rings (SSSR count). The number of hydrogen-bond acceptors (Lipinski definition) is 11. The Morgan fingerprint density at radius 2 is 1.84 bits per heavy atom. The third-order valence-electron chi connectivity index (χ3n) is 10.3. The highest BCUT2D eigenvalue weighted by Crippen LogP contribution is 2.44. The number of alkyl halides is 2. The number of nitrogens with zero attached hydrogens (tertiary/aromatic N) is 4. The van der Waals surface area contributed by atoms with E-state index in [-0.39, 0.29) is 42.4 Å². The second-order valence-electron chi connectivity index (χ2n) is 15.0. The van der Waals surface area contributed by atoms with Gasteiger partial charge in [0.1, 0.15) is 23.9 Å². The first-order valence-electron chi connectivity index (χ1n) is 18.3. The smallest absolute Gasteiger partial charge is 0.292 e. The van der Waals surface area contributed by atoms with Crippen molar-refractivity contribution in [2.24, 2.45) is 17.6 Å². The van der Waals surface area contributed by atoms with Gasteiger partial charge in [-0.2, -0.15) is 8.78 Å². The summed E-state index contributed by atoms with van der Waals surface area (Å²) in [6.45, 7) is 3.72. The van der Waals surface area contributed by atoms with Gasteiger partial charge in [-0.15, -0.1) is 0 Å². The molecule has 0 radical (unpaired) electrons. The highest BCUT2D eigenvalue weighted by Gasteiger charge is 2.52. The fourth-order valence-corrected chi connectivity index (χ4v) is 7.93. The quantitative estimate of drug-likeness (QED) is 0.132. The number of carbonyl (C=O) groups is 4. The normalized spacial score (nSPS) is 22.4. The Labute approximate surface area is 316 Å². The number of halogens is 2. The molecule has 5 unspecified atom stereocenters. The van der Waals surface area contributed by atoms with E-state index in [0.29, 0.717) is 56.7 Å². The molecule has 296 valence electrons. The molecule has 1 saturated heterocycles. The van der Waals surface area contributed by atoms with Crippen LogP contribution in [0.25, 0.3) is 11.0 Å². The average Bonchev–Trinajstić information content (AvgIpc) is 3.98. The number of allylic oxidation sites excluding steroid dienone is 2. The van der Waals surface area contributed by atoms with Crippen LogP contribution in [0.3, 0.4) is 0 Å². The van der Waals surface area contributed by atoms with Gasteiger partial charge < -0.3 is 25.2 Å². The van der Waals surface area contributed by atoms with Crippen molar-refractivity contribution < 1.29 is 45.6 Å². The first-order valence-corrected chi connectivity index (χ1v) is 19.8. The van der Waals surface area contributed by atoms with E-state index in [1.165, 1.54) is 11.0 Å². The molecule has 4 amide bonds. The van der Waals surface area contributed by atoms with Gasteiger partial charge in [0.05, 0.1) is 22.3 Å². The van der Waals surface area contributed by atoms with Gasteiger partial charge in [0.25, 0.3) is 11.8 Å². The minimum absolute atomic E-state index is 0.0237. The SMILES string of the molecule is Cc1cc(C(=O)NC(CCCCCC=CC2CC2C(=O)NS(=O)(=O)C2(C)CC2)C(=O)N2CC(Oc3nc4ccccc4nc3C(C)(F)F)CC2C(N)=O)no1. The van der Waals surface area contributed by atoms with Crippen molar-refractivity contribution in [2.45, 2.75) is 107 Å². The predicted octanol–water partition coefficient (Wildman–Crippen LogP) is 3.81. The lowest BCUT2D eigenvalue weighted by molar-refractivity contribution is -0.139. The Hall–Kier alpha value is -5.00. The maximum atomic E-state index is 14.7. The van der Waals surface area contributed by atoms with Gasteiger partial charge >= 0.3 is 0 Å². The lowest BCUT2D eigenvalue weighted by Gasteiger charge is -2.27. The lowest BCUT2D eigenvalue weighted by Crippen LogP contribution is -2.53. The van der Waals surface area contributed by atoms with Crippen molar-refractivity contribution in [2.75, 3.05) is 6.54 Å². The minimum atomic E-state index is -3.67. The fourth-order valence-electron chi connectivity index (χ4n) is 6.63. The van der Waals surface area contributed by atoms with Crippen LogP contribution in [0.15, 0.2) is 47.0 Å². The molecule has 2 saturated carbocycles. The van der Waals surface area contributed by atoms with Crippen molar-refractivity contribution in [1.82, 2.24) is 30.1 Å². The van der Waals surface area contributed by atoms with Crippen LogP contribution in [0.4, 0.5) is 8.78 Å². The largest absolute Gasteiger partial charge is 0.471 e. The molecule has 55 heavy (non-hydrogen) atoms. The van der Waals surface area contributed by atoms with E-state index in [2.05, 4.69) is 25.2 Å². The van der Waals surface area contributed by atoms with Crippen LogP contribution in [-0.2, 0) is 30.3 Å². The number of amides is 4. The zero-order valence-corrected chi connectivity index (χ0v) is 31.6. The Balaban J connectivity index is 1.07. The molecule has 5 atom stereocenters. The summed E-state index contributed by atoms with van der Waals surface area (Å²) in [7, 11) is -3.67. The van der Waals surface area contributed by atoms with E-state index in [1.54, 1.807) is 38.1 Å². The molecule has 3 aliphatic rings. The first-order chi connectivity index (χ1) is 26.0. The van der Waals surface area contributed by atoms with E-state index in [4.69, 9.17) is 15.0 Å². The van der Waals surface area contributed by atoms with E-state index < -0.39 is 74.1 Å². The van der Waals surface area contributed by atoms with Crippen molar-refractivity contribution in [1.29, 1.82) is 0 Å². The summed E-state index contributed by atoms with van der Waals surface area (Å²) in [6, 6.07) is 5.63. The molecule has 3 fully saturated rings. The molecule has 1 aromatic carbocycles. The van der Waals surface area contributed by atoms with Gasteiger partial charge in [-0.05, 0) is 70.4 Å². The molecule has 0 spiro atoms. The average molecular weight is 786 g/mol. The molecule has 0 bridgehead atoms. The number of rotatable bonds is 17. The van der Waals surface area contributed by atoms with Gasteiger partial charge in [-0.3, -0.25) is 23.9 Å². The van der Waals surface area contributed by atoms with Gasteiger partial charge in [-0.1, -0.05) is 42.3 Å². The van der Waals surface area contributed by atoms with Gasteiger partial charge in [0, 0.05) is 25.3 Å². The number of primary amides is 1. The molecular weight excluding hydrogens is 741 g/mol. The van der Waals surface area contributed by atoms with Crippen LogP contribution < -0.4 is 20.5 Å². The first kappa shape index (κ1) is 39.7. The summed E-state index contributed by atoms with van der Waals surface area (Å²) in [5.74, 6) is -6.41. The Morgan fingerprint density at radius 1 is 1.13 bits per heavy atom. The summed E-state index contributed by atoms with van der Waals surface area (Å²) < 4.78 is 66.4. The third kappa shape index (κ3) is 9.28. The summed E-state index contributed by atoms with van der Waals surface area (Å²) in [5.41, 5.74) is 5.55. The number of benzene rings is 1. The number of para-hydroxylation sites is 2. The number of nitrogens with one attached hydrogen (secondary N) is 2. The van der Waals surface area contributed by atoms with Crippen molar-refractivity contribution in [3.05, 3.63) is 59.6 Å². The molecule has 15 nitrogen and oxygen atoms in total. The van der Waals surface area contributed by atoms with E-state index >= 15 is 0 Å². The number of nitrogens with two attached hydrogens (primary N) is 1. The minimum Gasteiger partial charge on any atom is -0.471 e. The number of likely N-dealkylation sites (tertiary alicyclic amines) is 1. The fraction of sp³-hybridized carbons (Fsp3) is 0.541. The molecule has 2 aliphatic carbocycles. The Kier molecular flexibility index (Phi) is 11.3. The van der Waals surface area contributed by atoms with E-state index in [0.717, 1.165) is 6.42 Å². The number of sulfonamides is 1. The monoisotopic (exact) mass is 785 g/mol. The predicted molar refractivity (Wildman–Crippen MR) is 194 cm³/mol. The van der Waals surface area contributed by atoms with Gasteiger partial charge in [0.2, 0.25) is 33.6 Å². The molecule has 3 aromatic rings. The van der Waals surface area contributed by atoms with Crippen LogP contribution in [0.2, 0.25) is 0 Å². The molecule has 2 aromatic heterocycles. The molecule has 1 aliphatic heterocycles. The standard InChI is InChI=1S/C37H45F2N7O8S/c1-21-17-28(44-54-21)33(49)42-27(14-8-6-4-5-7-11-22-18-24(22)32(48)45-55(51,52)36(2)15-16-36)35(50)46-20-23(19-29(46)31(40)47)53-34-30(37(3,38)39)41-25-12-9-10-13-26(25)43-34/h7,9-13,17,22-24,27,29H,4-6,8,14-16,18-20H2,1-3H3,(H2,40,47)(H,42,49)(H,45,48). The summed E-state index contributed by atoms with van der Waals surface area (Å²) in [5, 5.41) is 6.44. The second kappa shape index (κ2) is 15.6. The highest BCUT2D eigenvalue weighted by molar-refractivity contribution is 7.91. The van der Waals surface area contributed by atoms with Crippen molar-refractivity contribution >= 4 is 44.7 Å².